The average molecular weight is 1290 g/mol. The van der Waals surface area contributed by atoms with E-state index in [-0.39, 0.29) is 102 Å². The number of aliphatic hydroxyl groups is 2. The molecule has 2 aliphatic heterocycles. The lowest BCUT2D eigenvalue weighted by molar-refractivity contribution is -0.385. The summed E-state index contributed by atoms with van der Waals surface area (Å²) in [6, 6.07) is 35.2. The van der Waals surface area contributed by atoms with Crippen molar-refractivity contribution < 1.29 is 94.1 Å². The first-order chi connectivity index (χ1) is 42.1. The molecule has 0 radical (unpaired) electrons. The molecule has 2 unspecified atom stereocenters. The molecule has 0 bridgehead atoms. The summed E-state index contributed by atoms with van der Waals surface area (Å²) in [7, 11) is 6.61. The molecule has 29 heteroatoms. The third kappa shape index (κ3) is 25.0. The maximum absolute atomic E-state index is 13.1. The maximum atomic E-state index is 13.1. The van der Waals surface area contributed by atoms with Crippen molar-refractivity contribution >= 4 is 69.0 Å². The zero-order valence-corrected chi connectivity index (χ0v) is 51.2. The van der Waals surface area contributed by atoms with Crippen molar-refractivity contribution in [3.63, 3.8) is 0 Å². The lowest BCUT2D eigenvalue weighted by atomic mass is 9.86. The summed E-state index contributed by atoms with van der Waals surface area (Å²) >= 11 is 3.63. The topological polar surface area (TPSA) is 363 Å². The second-order valence-electron chi connectivity index (χ2n) is 19.9. The van der Waals surface area contributed by atoms with E-state index < -0.39 is 79.5 Å². The van der Waals surface area contributed by atoms with Gasteiger partial charge in [-0.2, -0.15) is 16.8 Å². The highest BCUT2D eigenvalue weighted by Crippen LogP contribution is 2.39. The van der Waals surface area contributed by atoms with E-state index in [9.17, 15) is 49.8 Å². The summed E-state index contributed by atoms with van der Waals surface area (Å²) < 4.78 is 79.8. The predicted octanol–water partition coefficient (Wildman–Crippen LogP) is 7.77. The van der Waals surface area contributed by atoms with Crippen LogP contribution in [0.3, 0.4) is 0 Å². The van der Waals surface area contributed by atoms with Crippen LogP contribution in [0.5, 0.6) is 0 Å². The van der Waals surface area contributed by atoms with Crippen LogP contribution < -0.4 is 0 Å². The Balaban J connectivity index is 0.000000397. The number of hydrogen-bond acceptors (Lipinski definition) is 23. The molecule has 26 nitrogen and oxygen atoms in total. The number of esters is 2. The van der Waals surface area contributed by atoms with Gasteiger partial charge in [-0.15, -0.1) is 0 Å². The molecular weight excluding hydrogens is 1220 g/mol. The summed E-state index contributed by atoms with van der Waals surface area (Å²) in [5, 5.41) is 50.5. The molecule has 0 saturated carbocycles. The van der Waals surface area contributed by atoms with Crippen LogP contribution in [0.25, 0.3) is 0 Å². The van der Waals surface area contributed by atoms with Crippen LogP contribution in [0, 0.1) is 42.2 Å². The Morgan fingerprint density at radius 1 is 0.545 bits per heavy atom. The van der Waals surface area contributed by atoms with Gasteiger partial charge < -0.3 is 48.1 Å². The van der Waals surface area contributed by atoms with Crippen molar-refractivity contribution in [1.29, 1.82) is 0 Å². The zero-order chi connectivity index (χ0) is 65.3. The lowest BCUT2D eigenvalue weighted by Crippen LogP contribution is -2.36. The zero-order valence-electron chi connectivity index (χ0n) is 48.8. The number of nitrogens with zero attached hydrogens (tertiary/aromatic N) is 3. The Hall–Kier alpha value is -7.48. The fraction of sp³-hybridized carbons (Fsp3) is 0.441. The van der Waals surface area contributed by atoms with E-state index in [2.05, 4.69) is 12.1 Å². The van der Waals surface area contributed by atoms with Crippen molar-refractivity contribution in [1.82, 2.24) is 0 Å². The van der Waals surface area contributed by atoms with Gasteiger partial charge in [0, 0.05) is 95.1 Å². The van der Waals surface area contributed by atoms with Crippen LogP contribution in [0.1, 0.15) is 81.7 Å². The number of hydrogen-bond donors (Lipinski definition) is 2. The van der Waals surface area contributed by atoms with E-state index in [0.29, 0.717) is 19.3 Å². The average Bonchev–Trinajstić information content (AvgIpc) is 1.93. The second kappa shape index (κ2) is 40.1. The third-order valence-corrected chi connectivity index (χ3v) is 14.4. The van der Waals surface area contributed by atoms with E-state index in [4.69, 9.17) is 71.4 Å². The van der Waals surface area contributed by atoms with Crippen molar-refractivity contribution in [3.05, 3.63) is 192 Å². The number of aliphatic hydroxyl groups excluding tert-OH is 2. The van der Waals surface area contributed by atoms with Gasteiger partial charge in [0.15, 0.2) is 0 Å². The molecule has 0 aliphatic carbocycles. The van der Waals surface area contributed by atoms with E-state index in [0.717, 1.165) is 18.4 Å². The highest BCUT2D eigenvalue weighted by molar-refractivity contribution is 7.52. The molecule has 2 N–H and O–H groups in total. The standard InChI is InChI=1S/C33H36N2O11.C19H30O5.C7H4ClNO3.2O2S/c1-21(42-2)17-29-28(18-22-7-5-4-6-8-22)31(43-3)30(46-29)19-27(45-33(37)24-11-15-26(16-12-24)35(40)41)20-44-32(36)23-9-13-25(14-10-23)34(38)39;1-13(22-2)9-17-16(10-14-7-5-4-6-8-14)19(23-3)18(24-17)11-15(21)12-20;8-7(10)5-1-3-6(4-2-5)9(11)12;2*1-3-2/h4-16,21,27-31H,17-20H2,1-3H3;4-8,13,15-21H,9-12H2,1-3H3;1-4H;;/t21?,27-,28-,29-,30+,31+;13?,15-,16-,17-,18+,19+;;;/m00.../s1. The van der Waals surface area contributed by atoms with Crippen LogP contribution in [0.15, 0.2) is 133 Å². The number of rotatable bonds is 26. The number of carbonyl (C=O) groups excluding carboxylic acids is 3. The molecule has 2 saturated heterocycles. The highest BCUT2D eigenvalue weighted by atomic mass is 35.5. The number of nitro groups is 3. The summed E-state index contributed by atoms with van der Waals surface area (Å²) in [6.45, 7) is 3.36. The fourth-order valence-electron chi connectivity index (χ4n) is 9.76. The normalized spacial score (nSPS) is 20.3. The molecule has 478 valence electrons. The second-order valence-corrected chi connectivity index (χ2v) is 20.5. The van der Waals surface area contributed by atoms with Gasteiger partial charge in [-0.05, 0) is 98.7 Å². The summed E-state index contributed by atoms with van der Waals surface area (Å²) in [5.74, 6) is -1.42. The number of methoxy groups -OCH3 is 4. The number of non-ortho nitro benzene ring substituents is 3. The van der Waals surface area contributed by atoms with Crippen LogP contribution in [0.4, 0.5) is 17.1 Å². The lowest BCUT2D eigenvalue weighted by Gasteiger charge is -2.26. The highest BCUT2D eigenvalue weighted by Gasteiger charge is 2.47. The Morgan fingerprint density at radius 2 is 0.898 bits per heavy atom. The molecule has 2 heterocycles. The molecule has 12 atom stereocenters. The maximum Gasteiger partial charge on any atom is 0.338 e. The smallest absolute Gasteiger partial charge is 0.338 e. The Bertz CT molecular complexity index is 2970. The van der Waals surface area contributed by atoms with Gasteiger partial charge in [0.2, 0.25) is 0 Å². The van der Waals surface area contributed by atoms with Gasteiger partial charge in [0.25, 0.3) is 22.3 Å². The molecule has 7 rings (SSSR count). The van der Waals surface area contributed by atoms with Gasteiger partial charge in [-0.3, -0.25) is 35.1 Å². The number of benzene rings is 5. The Kier molecular flexibility index (Phi) is 34.1. The summed E-state index contributed by atoms with van der Waals surface area (Å²) in [6.07, 6.45) is 0.0299. The largest absolute Gasteiger partial charge is 0.458 e. The molecule has 2 aliphatic rings. The quantitative estimate of drug-likeness (QED) is 0.0231. The van der Waals surface area contributed by atoms with Gasteiger partial charge in [0.1, 0.15) is 12.7 Å². The molecule has 5 aromatic carbocycles. The van der Waals surface area contributed by atoms with Gasteiger partial charge in [0.05, 0.1) is 87.4 Å². The van der Waals surface area contributed by atoms with Crippen LogP contribution in [0.2, 0.25) is 0 Å². The molecule has 0 aromatic heterocycles. The number of ether oxygens (including phenoxy) is 8. The molecule has 0 amide bonds. The minimum atomic E-state index is -0.997. The molecule has 2 fully saturated rings. The van der Waals surface area contributed by atoms with E-state index >= 15 is 0 Å². The SMILES string of the molecule is COC(C)C[C@@H]1O[C@H](C[C@@H](COC(=O)c2ccc([N+](=O)[O-])cc2)OC(=O)c2ccc([N+](=O)[O-])cc2)[C@H](OC)[C@H]1Cc1ccccc1.COC(C)C[C@@H]1O[C@H](C[C@H](O)CO)[C@H](OC)[C@H]1Cc1ccccc1.O=C(Cl)c1ccc([N+](=O)[O-])cc1.O=S=O.O=S=O. The minimum Gasteiger partial charge on any atom is -0.458 e. The van der Waals surface area contributed by atoms with Gasteiger partial charge in [-0.1, -0.05) is 60.7 Å². The van der Waals surface area contributed by atoms with Crippen molar-refractivity contribution in [2.75, 3.05) is 41.7 Å². The molecular formula is C59H70ClN3O23S2. The summed E-state index contributed by atoms with van der Waals surface area (Å²) in [4.78, 5) is 67.0. The minimum absolute atomic E-state index is 0.000925. The van der Waals surface area contributed by atoms with Crippen LogP contribution in [-0.4, -0.2) is 162 Å². The van der Waals surface area contributed by atoms with E-state index in [1.807, 2.05) is 62.4 Å². The van der Waals surface area contributed by atoms with Gasteiger partial charge in [-0.25, -0.2) is 9.59 Å². The van der Waals surface area contributed by atoms with E-state index in [1.54, 1.807) is 28.4 Å². The number of halogens is 1. The number of nitro benzene ring substituents is 3. The Labute approximate surface area is 519 Å². The van der Waals surface area contributed by atoms with Gasteiger partial charge >= 0.3 is 35.1 Å². The predicted molar refractivity (Wildman–Crippen MR) is 317 cm³/mol. The first kappa shape index (κ1) is 74.8. The molecule has 0 spiro atoms. The monoisotopic (exact) mass is 1290 g/mol. The Morgan fingerprint density at radius 3 is 1.23 bits per heavy atom. The first-order valence-corrected chi connectivity index (χ1v) is 28.8. The molecule has 5 aromatic rings. The van der Waals surface area contributed by atoms with Crippen LogP contribution in [-0.2, 0) is 73.9 Å². The summed E-state index contributed by atoms with van der Waals surface area (Å²) in [5.41, 5.74) is 2.32. The fourth-order valence-corrected chi connectivity index (χ4v) is 9.89. The number of carbonyl (C=O) groups is 3. The van der Waals surface area contributed by atoms with Crippen molar-refractivity contribution in [2.24, 2.45) is 11.8 Å². The third-order valence-electron chi connectivity index (χ3n) is 14.2. The van der Waals surface area contributed by atoms with Crippen molar-refractivity contribution in [2.45, 2.75) is 113 Å². The van der Waals surface area contributed by atoms with E-state index in [1.165, 1.54) is 78.4 Å². The van der Waals surface area contributed by atoms with Crippen molar-refractivity contribution in [3.8, 4) is 0 Å². The first-order valence-electron chi connectivity index (χ1n) is 27.1. The van der Waals surface area contributed by atoms with Crippen LogP contribution >= 0.6 is 11.6 Å². The molecule has 88 heavy (non-hydrogen) atoms.